The highest BCUT2D eigenvalue weighted by atomic mass is 19.1. The third-order valence-electron chi connectivity index (χ3n) is 3.53. The third-order valence-corrected chi connectivity index (χ3v) is 3.53. The van der Waals surface area contributed by atoms with Gasteiger partial charge >= 0.3 is 0 Å². The molecule has 0 aliphatic carbocycles. The van der Waals surface area contributed by atoms with Gasteiger partial charge in [0.05, 0.1) is 6.54 Å². The molecule has 1 aromatic carbocycles. The second kappa shape index (κ2) is 6.60. The number of aromatic nitrogens is 1. The van der Waals surface area contributed by atoms with Crippen molar-refractivity contribution in [2.75, 3.05) is 13.1 Å². The van der Waals surface area contributed by atoms with Gasteiger partial charge in [-0.15, -0.1) is 0 Å². The minimum Gasteiger partial charge on any atom is -0.359 e. The number of carbonyl (C=O) groups excluding carboxylic acids is 1. The van der Waals surface area contributed by atoms with Crippen LogP contribution in [0.2, 0.25) is 0 Å². The molecule has 120 valence electrons. The largest absolute Gasteiger partial charge is 0.359 e. The molecule has 1 aliphatic heterocycles. The van der Waals surface area contributed by atoms with Crippen molar-refractivity contribution in [1.82, 2.24) is 15.5 Å². The molecule has 0 radical (unpaired) electrons. The van der Waals surface area contributed by atoms with Crippen LogP contribution in [0.3, 0.4) is 0 Å². The van der Waals surface area contributed by atoms with Crippen LogP contribution < -0.4 is 5.32 Å². The summed E-state index contributed by atoms with van der Waals surface area (Å²) < 4.78 is 18.1. The Morgan fingerprint density at radius 1 is 1.39 bits per heavy atom. The van der Waals surface area contributed by atoms with Gasteiger partial charge in [0.2, 0.25) is 5.91 Å². The highest BCUT2D eigenvalue weighted by Gasteiger charge is 2.15. The molecule has 2 heterocycles. The molecule has 1 aliphatic rings. The van der Waals surface area contributed by atoms with Gasteiger partial charge in [-0.05, 0) is 31.2 Å². The molecule has 1 amide bonds. The Hall–Kier alpha value is -2.70. The molecule has 2 aromatic rings. The van der Waals surface area contributed by atoms with Gasteiger partial charge in [-0.25, -0.2) is 4.39 Å². The Bertz CT molecular complexity index is 724. The lowest BCUT2D eigenvalue weighted by atomic mass is 10.1. The van der Waals surface area contributed by atoms with Crippen LogP contribution in [0.25, 0.3) is 11.3 Å². The van der Waals surface area contributed by atoms with Gasteiger partial charge in [-0.3, -0.25) is 9.80 Å². The van der Waals surface area contributed by atoms with E-state index in [0.717, 1.165) is 24.2 Å². The van der Waals surface area contributed by atoms with Crippen LogP contribution in [0.15, 0.2) is 40.0 Å². The number of benzene rings is 1. The first-order chi connectivity index (χ1) is 11.1. The molecule has 0 saturated carbocycles. The van der Waals surface area contributed by atoms with E-state index >= 15 is 0 Å². The number of nitrogens with one attached hydrogen (secondary N) is 1. The van der Waals surface area contributed by atoms with Gasteiger partial charge in [0, 0.05) is 30.3 Å². The molecule has 7 heteroatoms. The quantitative estimate of drug-likeness (QED) is 0.918. The van der Waals surface area contributed by atoms with Crippen molar-refractivity contribution in [3.63, 3.8) is 0 Å². The molecule has 0 spiro atoms. The van der Waals surface area contributed by atoms with Crippen LogP contribution in [0, 0.1) is 5.82 Å². The number of halogens is 1. The summed E-state index contributed by atoms with van der Waals surface area (Å²) in [7, 11) is 0. The maximum atomic E-state index is 12.9. The topological polar surface area (TPSA) is 70.7 Å². The van der Waals surface area contributed by atoms with Crippen LogP contribution in [0.4, 0.5) is 4.39 Å². The summed E-state index contributed by atoms with van der Waals surface area (Å²) in [6.07, 6.45) is 0.899. The Kier molecular flexibility index (Phi) is 4.36. The first-order valence-electron chi connectivity index (χ1n) is 7.37. The van der Waals surface area contributed by atoms with Gasteiger partial charge in [-0.2, -0.15) is 5.10 Å². The molecule has 0 unspecified atom stereocenters. The van der Waals surface area contributed by atoms with E-state index in [1.807, 2.05) is 6.92 Å². The summed E-state index contributed by atoms with van der Waals surface area (Å²) in [6.45, 7) is 3.21. The summed E-state index contributed by atoms with van der Waals surface area (Å²) >= 11 is 0. The zero-order chi connectivity index (χ0) is 16.2. The summed E-state index contributed by atoms with van der Waals surface area (Å²) in [5.74, 6) is 0.117. The van der Waals surface area contributed by atoms with Crippen LogP contribution in [-0.4, -0.2) is 34.9 Å². The minimum absolute atomic E-state index is 0.122. The summed E-state index contributed by atoms with van der Waals surface area (Å²) in [5.41, 5.74) is 2.40. The van der Waals surface area contributed by atoms with Crippen molar-refractivity contribution in [2.45, 2.75) is 19.9 Å². The van der Waals surface area contributed by atoms with E-state index in [4.69, 9.17) is 4.52 Å². The van der Waals surface area contributed by atoms with E-state index in [1.165, 1.54) is 12.1 Å². The Morgan fingerprint density at radius 2 is 2.17 bits per heavy atom. The van der Waals surface area contributed by atoms with Crippen molar-refractivity contribution in [3.05, 3.63) is 41.9 Å². The number of hydrogen-bond acceptors (Lipinski definition) is 5. The van der Waals surface area contributed by atoms with E-state index in [1.54, 1.807) is 23.2 Å². The summed E-state index contributed by atoms with van der Waals surface area (Å²) in [4.78, 5) is 11.9. The lowest BCUT2D eigenvalue weighted by Gasteiger charge is -2.12. The van der Waals surface area contributed by atoms with Gasteiger partial charge in [-0.1, -0.05) is 5.16 Å². The standard InChI is InChI=1S/C16H17FN4O2/c1-11-6-7-21(19-11)10-16(22)18-9-14-8-15(20-23-14)12-2-4-13(17)5-3-12/h2-5,8H,6-7,9-10H2,1H3,(H,18,22). The molecule has 1 aromatic heterocycles. The fraction of sp³-hybridized carbons (Fsp3) is 0.312. The van der Waals surface area contributed by atoms with Crippen molar-refractivity contribution >= 4 is 11.6 Å². The fourth-order valence-corrected chi connectivity index (χ4v) is 2.31. The number of rotatable bonds is 5. The van der Waals surface area contributed by atoms with Gasteiger partial charge in [0.1, 0.15) is 18.1 Å². The summed E-state index contributed by atoms with van der Waals surface area (Å²) in [5, 5.41) is 12.7. The Balaban J connectivity index is 1.53. The molecule has 23 heavy (non-hydrogen) atoms. The van der Waals surface area contributed by atoms with Crippen molar-refractivity contribution in [2.24, 2.45) is 5.10 Å². The molecule has 1 N–H and O–H groups in total. The van der Waals surface area contributed by atoms with Crippen LogP contribution >= 0.6 is 0 Å². The first-order valence-corrected chi connectivity index (χ1v) is 7.37. The number of carbonyl (C=O) groups is 1. The van der Waals surface area contributed by atoms with Crippen LogP contribution in [0.1, 0.15) is 19.1 Å². The van der Waals surface area contributed by atoms with E-state index in [-0.39, 0.29) is 24.8 Å². The lowest BCUT2D eigenvalue weighted by Crippen LogP contribution is -2.33. The van der Waals surface area contributed by atoms with Crippen LogP contribution in [-0.2, 0) is 11.3 Å². The van der Waals surface area contributed by atoms with Gasteiger partial charge in [0.15, 0.2) is 5.76 Å². The van der Waals surface area contributed by atoms with E-state index in [2.05, 4.69) is 15.6 Å². The number of amides is 1. The van der Waals surface area contributed by atoms with Crippen molar-refractivity contribution in [1.29, 1.82) is 0 Å². The smallest absolute Gasteiger partial charge is 0.241 e. The molecule has 3 rings (SSSR count). The lowest BCUT2D eigenvalue weighted by molar-refractivity contribution is -0.122. The highest BCUT2D eigenvalue weighted by molar-refractivity contribution is 5.84. The van der Waals surface area contributed by atoms with Crippen molar-refractivity contribution in [3.8, 4) is 11.3 Å². The average Bonchev–Trinajstić information content (AvgIpc) is 3.15. The van der Waals surface area contributed by atoms with Crippen molar-refractivity contribution < 1.29 is 13.7 Å². The SMILES string of the molecule is CC1=NN(CC(=O)NCc2cc(-c3ccc(F)cc3)no2)CC1. The van der Waals surface area contributed by atoms with E-state index < -0.39 is 0 Å². The predicted molar refractivity (Wildman–Crippen MR) is 83.0 cm³/mol. The monoisotopic (exact) mass is 316 g/mol. The Morgan fingerprint density at radius 3 is 2.87 bits per heavy atom. The molecular weight excluding hydrogens is 299 g/mol. The molecule has 6 nitrogen and oxygen atoms in total. The minimum atomic E-state index is -0.301. The highest BCUT2D eigenvalue weighted by Crippen LogP contribution is 2.19. The number of nitrogens with zero attached hydrogens (tertiary/aromatic N) is 3. The molecule has 0 bridgehead atoms. The molecule has 0 saturated heterocycles. The second-order valence-corrected chi connectivity index (χ2v) is 5.44. The van der Waals surface area contributed by atoms with E-state index in [0.29, 0.717) is 11.5 Å². The average molecular weight is 316 g/mol. The number of hydrogen-bond donors (Lipinski definition) is 1. The maximum Gasteiger partial charge on any atom is 0.241 e. The molecular formula is C16H17FN4O2. The second-order valence-electron chi connectivity index (χ2n) is 5.44. The van der Waals surface area contributed by atoms with E-state index in [9.17, 15) is 9.18 Å². The molecule has 0 atom stereocenters. The van der Waals surface area contributed by atoms with Gasteiger partial charge in [0.25, 0.3) is 0 Å². The number of hydrazone groups is 1. The zero-order valence-electron chi connectivity index (χ0n) is 12.8. The first kappa shape index (κ1) is 15.2. The molecule has 0 fully saturated rings. The normalized spacial score (nSPS) is 14.0. The van der Waals surface area contributed by atoms with Gasteiger partial charge < -0.3 is 9.84 Å². The predicted octanol–water partition coefficient (Wildman–Crippen LogP) is 2.18. The maximum absolute atomic E-state index is 12.9. The third kappa shape index (κ3) is 3.94. The summed E-state index contributed by atoms with van der Waals surface area (Å²) in [6, 6.07) is 7.71. The zero-order valence-corrected chi connectivity index (χ0v) is 12.8. The Labute approximate surface area is 133 Å². The fourth-order valence-electron chi connectivity index (χ4n) is 2.31. The van der Waals surface area contributed by atoms with Crippen LogP contribution in [0.5, 0.6) is 0 Å².